The maximum absolute atomic E-state index is 14.4. The van der Waals surface area contributed by atoms with Crippen LogP contribution in [0, 0.1) is 11.7 Å². The first kappa shape index (κ1) is 27.3. The quantitative estimate of drug-likeness (QED) is 0.390. The van der Waals surface area contributed by atoms with Crippen molar-refractivity contribution in [1.29, 1.82) is 0 Å². The molecule has 2 aliphatic rings. The van der Waals surface area contributed by atoms with Gasteiger partial charge in [-0.15, -0.1) is 0 Å². The molecule has 2 amide bonds. The van der Waals surface area contributed by atoms with Crippen LogP contribution in [0.5, 0.6) is 0 Å². The van der Waals surface area contributed by atoms with E-state index in [0.717, 1.165) is 35.4 Å². The van der Waals surface area contributed by atoms with E-state index in [1.165, 1.54) is 4.31 Å². The van der Waals surface area contributed by atoms with Gasteiger partial charge in [0.05, 0.1) is 17.9 Å². The topological polar surface area (TPSA) is 78.0 Å². The van der Waals surface area contributed by atoms with Gasteiger partial charge in [-0.05, 0) is 36.5 Å². The lowest BCUT2D eigenvalue weighted by atomic mass is 9.87. The summed E-state index contributed by atoms with van der Waals surface area (Å²) in [6, 6.07) is 1.48. The number of carbonyl (C=O) groups is 2. The van der Waals surface area contributed by atoms with Crippen LogP contribution in [0.4, 0.5) is 17.6 Å². The Morgan fingerprint density at radius 3 is 2.06 bits per heavy atom. The minimum Gasteiger partial charge on any atom is -0.298 e. The van der Waals surface area contributed by atoms with Gasteiger partial charge in [-0.1, -0.05) is 19.9 Å². The molecule has 12 heteroatoms. The lowest BCUT2D eigenvalue weighted by Gasteiger charge is -2.42. The highest BCUT2D eigenvalue weighted by molar-refractivity contribution is 7.88. The van der Waals surface area contributed by atoms with Gasteiger partial charge in [-0.2, -0.15) is 17.5 Å². The van der Waals surface area contributed by atoms with E-state index in [-0.39, 0.29) is 23.9 Å². The summed E-state index contributed by atoms with van der Waals surface area (Å²) in [5.74, 6) is -2.84. The van der Waals surface area contributed by atoms with Crippen LogP contribution in [0.2, 0.25) is 0 Å². The number of benzene rings is 1. The summed E-state index contributed by atoms with van der Waals surface area (Å²) in [5.41, 5.74) is -1.31. The zero-order chi connectivity index (χ0) is 26.1. The molecule has 1 aromatic rings. The molecule has 3 atom stereocenters. The van der Waals surface area contributed by atoms with Gasteiger partial charge in [0.25, 0.3) is 11.8 Å². The van der Waals surface area contributed by atoms with Crippen LogP contribution in [0.25, 0.3) is 0 Å². The Morgan fingerprint density at radius 2 is 1.60 bits per heavy atom. The normalized spacial score (nSPS) is 20.9. The fourth-order valence-corrected chi connectivity index (χ4v) is 5.80. The first-order valence-corrected chi connectivity index (χ1v) is 13.2. The highest BCUT2D eigenvalue weighted by Crippen LogP contribution is 2.37. The molecule has 1 saturated heterocycles. The number of piperazine rings is 1. The van der Waals surface area contributed by atoms with Crippen molar-refractivity contribution < 1.29 is 35.6 Å². The predicted molar refractivity (Wildman–Crippen MR) is 121 cm³/mol. The third-order valence-corrected chi connectivity index (χ3v) is 8.02. The van der Waals surface area contributed by atoms with Crippen molar-refractivity contribution in [2.75, 3.05) is 32.4 Å². The second-order valence-corrected chi connectivity index (χ2v) is 11.0. The van der Waals surface area contributed by atoms with Gasteiger partial charge in [0, 0.05) is 44.4 Å². The first-order valence-electron chi connectivity index (χ1n) is 11.3. The summed E-state index contributed by atoms with van der Waals surface area (Å²) < 4.78 is 78.6. The van der Waals surface area contributed by atoms with Gasteiger partial charge in [-0.25, -0.2) is 12.8 Å². The fraction of sp³-hybridized carbons (Fsp3) is 0.565. The minimum atomic E-state index is -4.87. The number of sulfonamides is 1. The molecule has 0 radical (unpaired) electrons. The molecule has 2 heterocycles. The Bertz CT molecular complexity index is 1080. The van der Waals surface area contributed by atoms with Gasteiger partial charge in [0.15, 0.2) is 0 Å². The molecular formula is C23H29F4N3O4S. The number of rotatable bonds is 8. The molecule has 0 bridgehead atoms. The number of carbonyl (C=O) groups excluding carboxylic acids is 2. The molecule has 0 aromatic heterocycles. The second-order valence-electron chi connectivity index (χ2n) is 9.02. The summed E-state index contributed by atoms with van der Waals surface area (Å²) in [4.78, 5) is 28.0. The van der Waals surface area contributed by atoms with Crippen LogP contribution >= 0.6 is 0 Å². The maximum atomic E-state index is 14.4. The molecular weight excluding hydrogens is 490 g/mol. The van der Waals surface area contributed by atoms with Gasteiger partial charge in [0.1, 0.15) is 5.82 Å². The fourth-order valence-electron chi connectivity index (χ4n) is 4.97. The summed E-state index contributed by atoms with van der Waals surface area (Å²) >= 11 is 0. The van der Waals surface area contributed by atoms with E-state index in [4.69, 9.17) is 0 Å². The van der Waals surface area contributed by atoms with Crippen LogP contribution in [-0.2, 0) is 25.8 Å². The van der Waals surface area contributed by atoms with E-state index in [9.17, 15) is 35.6 Å². The molecule has 35 heavy (non-hydrogen) atoms. The number of hydrogen-bond acceptors (Lipinski definition) is 5. The van der Waals surface area contributed by atoms with Crippen molar-refractivity contribution >= 4 is 21.8 Å². The van der Waals surface area contributed by atoms with Crippen molar-refractivity contribution in [2.24, 2.45) is 5.92 Å². The summed E-state index contributed by atoms with van der Waals surface area (Å²) in [6.07, 6.45) is -0.643. The van der Waals surface area contributed by atoms with E-state index in [1.807, 2.05) is 13.8 Å². The van der Waals surface area contributed by atoms with Crippen LogP contribution in [0.3, 0.4) is 0 Å². The van der Waals surface area contributed by atoms with E-state index < -0.39 is 45.4 Å². The van der Waals surface area contributed by atoms with E-state index in [2.05, 4.69) is 4.90 Å². The van der Waals surface area contributed by atoms with Crippen LogP contribution in [-0.4, -0.2) is 72.8 Å². The van der Waals surface area contributed by atoms with Gasteiger partial charge in [0.2, 0.25) is 10.0 Å². The molecule has 0 aliphatic carbocycles. The second kappa shape index (κ2) is 10.4. The van der Waals surface area contributed by atoms with Gasteiger partial charge in [-0.3, -0.25) is 19.4 Å². The summed E-state index contributed by atoms with van der Waals surface area (Å²) in [6.45, 7) is 5.54. The van der Waals surface area contributed by atoms with Crippen molar-refractivity contribution in [3.63, 3.8) is 0 Å². The summed E-state index contributed by atoms with van der Waals surface area (Å²) in [7, 11) is -3.30. The molecule has 0 N–H and O–H groups in total. The number of nitrogens with zero attached hydrogens (tertiary/aromatic N) is 3. The summed E-state index contributed by atoms with van der Waals surface area (Å²) in [5, 5.41) is 0. The Kier molecular flexibility index (Phi) is 8.07. The Balaban J connectivity index is 1.86. The van der Waals surface area contributed by atoms with E-state index in [0.29, 0.717) is 38.7 Å². The number of hydrogen-bond donors (Lipinski definition) is 0. The van der Waals surface area contributed by atoms with E-state index >= 15 is 0 Å². The largest absolute Gasteiger partial charge is 0.419 e. The average Bonchev–Trinajstić information content (AvgIpc) is 3.09. The Morgan fingerprint density at radius 1 is 1.03 bits per heavy atom. The number of halogens is 4. The number of alkyl halides is 3. The number of imide groups is 1. The molecule has 7 nitrogen and oxygen atoms in total. The lowest BCUT2D eigenvalue weighted by molar-refractivity contribution is -0.141. The minimum absolute atomic E-state index is 0.0423. The van der Waals surface area contributed by atoms with Crippen LogP contribution in [0.15, 0.2) is 30.4 Å². The molecule has 194 valence electrons. The monoisotopic (exact) mass is 519 g/mol. The molecule has 1 aromatic carbocycles. The van der Waals surface area contributed by atoms with Crippen LogP contribution < -0.4 is 0 Å². The van der Waals surface area contributed by atoms with Gasteiger partial charge >= 0.3 is 6.18 Å². The zero-order valence-corrected chi connectivity index (χ0v) is 20.6. The predicted octanol–water partition coefficient (Wildman–Crippen LogP) is 3.19. The SMILES string of the molecule is CCC(C(C)CC(c1ccc(C(F)(F)F)c(F)c1)N1C(=O)C=CC1=O)N1CCN(S(C)(=O)=O)CC1. The van der Waals surface area contributed by atoms with Crippen molar-refractivity contribution in [2.45, 2.75) is 44.9 Å². The third kappa shape index (κ3) is 6.10. The smallest absolute Gasteiger partial charge is 0.298 e. The third-order valence-electron chi connectivity index (χ3n) is 6.72. The van der Waals surface area contributed by atoms with E-state index in [1.54, 1.807) is 0 Å². The average molecular weight is 520 g/mol. The van der Waals surface area contributed by atoms with Crippen molar-refractivity contribution in [1.82, 2.24) is 14.1 Å². The van der Waals surface area contributed by atoms with Crippen molar-refractivity contribution in [3.8, 4) is 0 Å². The Hall–Kier alpha value is -2.31. The highest BCUT2D eigenvalue weighted by Gasteiger charge is 2.38. The van der Waals surface area contributed by atoms with Crippen molar-refractivity contribution in [3.05, 3.63) is 47.3 Å². The van der Waals surface area contributed by atoms with Crippen LogP contribution in [0.1, 0.15) is 43.9 Å². The molecule has 0 spiro atoms. The molecule has 3 unspecified atom stereocenters. The zero-order valence-electron chi connectivity index (χ0n) is 19.8. The number of amides is 2. The Labute approximate surface area is 202 Å². The molecule has 1 fully saturated rings. The molecule has 2 aliphatic heterocycles. The van der Waals surface area contributed by atoms with Gasteiger partial charge < -0.3 is 0 Å². The first-order chi connectivity index (χ1) is 16.2. The highest BCUT2D eigenvalue weighted by atomic mass is 32.2. The lowest BCUT2D eigenvalue weighted by Crippen LogP contribution is -2.53. The standard InChI is InChI=1S/C23H29F4N3O4S/c1-4-19(28-9-11-29(12-10-28)35(3,33)34)15(2)13-20(30-21(31)7-8-22(30)32)16-5-6-17(18(24)14-16)23(25,26)27/h5-8,14-15,19-20H,4,9-13H2,1-3H3. The molecule has 0 saturated carbocycles. The molecule has 3 rings (SSSR count). The maximum Gasteiger partial charge on any atom is 0.419 e.